The minimum atomic E-state index is 0.310. The molecule has 0 heterocycles. The molecule has 16 heavy (non-hydrogen) atoms. The van der Waals surface area contributed by atoms with Crippen LogP contribution < -0.4 is 5.73 Å². The molecule has 0 radical (unpaired) electrons. The first-order valence-electron chi connectivity index (χ1n) is 6.76. The monoisotopic (exact) mass is 227 g/mol. The number of rotatable bonds is 5. The Bertz CT molecular complexity index is 201. The third kappa shape index (κ3) is 5.31. The molecule has 3 atom stereocenters. The molecule has 3 unspecified atom stereocenters. The van der Waals surface area contributed by atoms with Crippen LogP contribution in [0, 0.1) is 11.3 Å². The number of ether oxygens (including phenoxy) is 1. The lowest BCUT2D eigenvalue weighted by Gasteiger charge is -2.38. The molecular formula is C14H29NO. The molecule has 0 amide bonds. The Morgan fingerprint density at radius 2 is 2.06 bits per heavy atom. The van der Waals surface area contributed by atoms with Crippen molar-refractivity contribution in [3.8, 4) is 0 Å². The van der Waals surface area contributed by atoms with Gasteiger partial charge in [-0.1, -0.05) is 20.8 Å². The Balaban J connectivity index is 2.21. The summed E-state index contributed by atoms with van der Waals surface area (Å²) in [4.78, 5) is 0. The minimum Gasteiger partial charge on any atom is -0.378 e. The molecule has 0 aromatic heterocycles. The summed E-state index contributed by atoms with van der Waals surface area (Å²) in [5, 5.41) is 0. The van der Waals surface area contributed by atoms with Crippen molar-refractivity contribution in [2.75, 3.05) is 6.61 Å². The third-order valence-electron chi connectivity index (χ3n) is 3.50. The molecule has 1 aliphatic carbocycles. The first-order valence-corrected chi connectivity index (χ1v) is 6.76. The maximum atomic E-state index is 5.98. The lowest BCUT2D eigenvalue weighted by atomic mass is 9.71. The van der Waals surface area contributed by atoms with Crippen molar-refractivity contribution in [2.45, 2.75) is 71.9 Å². The van der Waals surface area contributed by atoms with E-state index in [-0.39, 0.29) is 0 Å². The fraction of sp³-hybridized carbons (Fsp3) is 1.00. The van der Waals surface area contributed by atoms with Gasteiger partial charge in [0, 0.05) is 12.6 Å². The Morgan fingerprint density at radius 1 is 1.38 bits per heavy atom. The van der Waals surface area contributed by atoms with Gasteiger partial charge < -0.3 is 10.5 Å². The fourth-order valence-electron chi connectivity index (χ4n) is 3.04. The van der Waals surface area contributed by atoms with Crippen LogP contribution in [-0.4, -0.2) is 18.8 Å². The van der Waals surface area contributed by atoms with Crippen LogP contribution >= 0.6 is 0 Å². The molecule has 2 nitrogen and oxygen atoms in total. The number of hydrogen-bond acceptors (Lipinski definition) is 2. The van der Waals surface area contributed by atoms with Crippen LogP contribution in [0.15, 0.2) is 0 Å². The second-order valence-electron chi connectivity index (χ2n) is 6.53. The fourth-order valence-corrected chi connectivity index (χ4v) is 3.04. The molecule has 0 spiro atoms. The van der Waals surface area contributed by atoms with Crippen molar-refractivity contribution >= 4 is 0 Å². The highest BCUT2D eigenvalue weighted by Crippen LogP contribution is 2.39. The normalized spacial score (nSPS) is 31.3. The van der Waals surface area contributed by atoms with Crippen molar-refractivity contribution in [2.24, 2.45) is 17.1 Å². The van der Waals surface area contributed by atoms with Gasteiger partial charge in [-0.05, 0) is 50.4 Å². The first kappa shape index (κ1) is 14.0. The molecular weight excluding hydrogens is 198 g/mol. The second-order valence-corrected chi connectivity index (χ2v) is 6.53. The zero-order chi connectivity index (χ0) is 12.2. The van der Waals surface area contributed by atoms with Crippen molar-refractivity contribution in [1.29, 1.82) is 0 Å². The van der Waals surface area contributed by atoms with Crippen molar-refractivity contribution in [3.63, 3.8) is 0 Å². The quantitative estimate of drug-likeness (QED) is 0.731. The molecule has 0 bridgehead atoms. The highest BCUT2D eigenvalue weighted by Gasteiger charge is 2.32. The van der Waals surface area contributed by atoms with Crippen molar-refractivity contribution in [1.82, 2.24) is 0 Å². The molecule has 1 rings (SSSR count). The van der Waals surface area contributed by atoms with Gasteiger partial charge in [0.05, 0.1) is 6.10 Å². The Hall–Kier alpha value is -0.0800. The first-order chi connectivity index (χ1) is 7.39. The number of nitrogens with two attached hydrogens (primary N) is 1. The van der Waals surface area contributed by atoms with E-state index >= 15 is 0 Å². The van der Waals surface area contributed by atoms with Gasteiger partial charge in [0.1, 0.15) is 0 Å². The summed E-state index contributed by atoms with van der Waals surface area (Å²) in [5.74, 6) is 0.808. The van der Waals surface area contributed by atoms with Gasteiger partial charge in [0.2, 0.25) is 0 Å². The second kappa shape index (κ2) is 6.02. The lowest BCUT2D eigenvalue weighted by molar-refractivity contribution is -0.0242. The molecule has 0 aromatic rings. The zero-order valence-corrected chi connectivity index (χ0v) is 11.5. The van der Waals surface area contributed by atoms with Gasteiger partial charge in [-0.2, -0.15) is 0 Å². The molecule has 96 valence electrons. The van der Waals surface area contributed by atoms with E-state index < -0.39 is 0 Å². The van der Waals surface area contributed by atoms with E-state index in [1.165, 1.54) is 19.3 Å². The molecule has 1 fully saturated rings. The summed E-state index contributed by atoms with van der Waals surface area (Å²) in [6.45, 7) is 10.0. The van der Waals surface area contributed by atoms with Crippen LogP contribution in [0.3, 0.4) is 0 Å². The van der Waals surface area contributed by atoms with Crippen LogP contribution in [0.2, 0.25) is 0 Å². The number of hydrogen-bond donors (Lipinski definition) is 1. The Morgan fingerprint density at radius 3 is 2.62 bits per heavy atom. The van der Waals surface area contributed by atoms with Gasteiger partial charge >= 0.3 is 0 Å². The van der Waals surface area contributed by atoms with Crippen LogP contribution in [0.5, 0.6) is 0 Å². The highest BCUT2D eigenvalue weighted by molar-refractivity contribution is 4.83. The molecule has 0 aromatic carbocycles. The molecule has 2 N–H and O–H groups in total. The van der Waals surface area contributed by atoms with Gasteiger partial charge in [-0.15, -0.1) is 0 Å². The predicted octanol–water partition coefficient (Wildman–Crippen LogP) is 3.35. The molecule has 2 heteroatoms. The average Bonchev–Trinajstić information content (AvgIpc) is 2.08. The van der Waals surface area contributed by atoms with Crippen molar-refractivity contribution in [3.05, 3.63) is 0 Å². The predicted molar refractivity (Wildman–Crippen MR) is 69.4 cm³/mol. The largest absolute Gasteiger partial charge is 0.378 e. The van der Waals surface area contributed by atoms with E-state index in [2.05, 4.69) is 27.7 Å². The standard InChI is InChI=1S/C14H29NO/c1-11-8-13(10-14(3,4)9-11)16-7-5-6-12(2)15/h11-13H,5-10,15H2,1-4H3. The van der Waals surface area contributed by atoms with E-state index in [9.17, 15) is 0 Å². The third-order valence-corrected chi connectivity index (χ3v) is 3.50. The molecule has 0 saturated heterocycles. The van der Waals surface area contributed by atoms with E-state index in [1.807, 2.05) is 0 Å². The maximum Gasteiger partial charge on any atom is 0.0582 e. The zero-order valence-electron chi connectivity index (χ0n) is 11.5. The minimum absolute atomic E-state index is 0.310. The van der Waals surface area contributed by atoms with Gasteiger partial charge in [0.25, 0.3) is 0 Å². The van der Waals surface area contributed by atoms with E-state index in [1.54, 1.807) is 0 Å². The SMILES string of the molecule is CC(N)CCCOC1CC(C)CC(C)(C)C1. The van der Waals surface area contributed by atoms with Crippen LogP contribution in [-0.2, 0) is 4.74 Å². The van der Waals surface area contributed by atoms with Gasteiger partial charge in [-0.3, -0.25) is 0 Å². The summed E-state index contributed by atoms with van der Waals surface area (Å²) in [7, 11) is 0. The van der Waals surface area contributed by atoms with Crippen LogP contribution in [0.4, 0.5) is 0 Å². The van der Waals surface area contributed by atoms with Gasteiger partial charge in [0.15, 0.2) is 0 Å². The van der Waals surface area contributed by atoms with Crippen molar-refractivity contribution < 1.29 is 4.74 Å². The topological polar surface area (TPSA) is 35.2 Å². The lowest BCUT2D eigenvalue weighted by Crippen LogP contribution is -2.32. The smallest absolute Gasteiger partial charge is 0.0582 e. The van der Waals surface area contributed by atoms with Crippen LogP contribution in [0.1, 0.15) is 59.8 Å². The summed E-state index contributed by atoms with van der Waals surface area (Å²) in [5.41, 5.74) is 6.18. The van der Waals surface area contributed by atoms with Gasteiger partial charge in [-0.25, -0.2) is 0 Å². The van der Waals surface area contributed by atoms with E-state index in [0.717, 1.165) is 25.4 Å². The molecule has 0 aliphatic heterocycles. The molecule has 1 saturated carbocycles. The Labute approximate surface area is 101 Å². The van der Waals surface area contributed by atoms with E-state index in [0.29, 0.717) is 17.6 Å². The summed E-state index contributed by atoms with van der Waals surface area (Å²) in [6.07, 6.45) is 6.45. The summed E-state index contributed by atoms with van der Waals surface area (Å²) in [6, 6.07) is 0.310. The van der Waals surface area contributed by atoms with Crippen LogP contribution in [0.25, 0.3) is 0 Å². The molecule has 1 aliphatic rings. The highest BCUT2D eigenvalue weighted by atomic mass is 16.5. The maximum absolute atomic E-state index is 5.98. The van der Waals surface area contributed by atoms with E-state index in [4.69, 9.17) is 10.5 Å². The Kier molecular flexibility index (Phi) is 5.26. The summed E-state index contributed by atoms with van der Waals surface area (Å²) >= 11 is 0. The average molecular weight is 227 g/mol. The summed E-state index contributed by atoms with van der Waals surface area (Å²) < 4.78 is 5.98.